The van der Waals surface area contributed by atoms with E-state index < -0.39 is 36.1 Å². The average Bonchev–Trinajstić information content (AvgIpc) is 2.96. The quantitative estimate of drug-likeness (QED) is 0.0489. The average molecular weight is 658 g/mol. The van der Waals surface area contributed by atoms with Gasteiger partial charge in [0.25, 0.3) is 5.97 Å². The number of amides is 3. The van der Waals surface area contributed by atoms with Crippen molar-refractivity contribution >= 4 is 23.7 Å². The highest BCUT2D eigenvalue weighted by atomic mass is 16.4. The fourth-order valence-corrected chi connectivity index (χ4v) is 3.80. The lowest BCUT2D eigenvalue weighted by Crippen LogP contribution is -2.57. The molecule has 0 aromatic heterocycles. The molecule has 0 aliphatic heterocycles. The zero-order valence-electron chi connectivity index (χ0n) is 30.6. The highest BCUT2D eigenvalue weighted by Gasteiger charge is 2.29. The first kappa shape index (κ1) is 50.1. The molecule has 0 spiro atoms. The summed E-state index contributed by atoms with van der Waals surface area (Å²) in [6, 6.07) is -1.36. The maximum absolute atomic E-state index is 12.1. The zero-order chi connectivity index (χ0) is 36.4. The summed E-state index contributed by atoms with van der Waals surface area (Å²) in [4.78, 5) is 44.0. The lowest BCUT2D eigenvalue weighted by molar-refractivity contribution is -0.134. The smallest absolute Gasteiger partial charge is 0.300 e. The van der Waals surface area contributed by atoms with Crippen LogP contribution < -0.4 is 27.4 Å². The summed E-state index contributed by atoms with van der Waals surface area (Å²) in [5.41, 5.74) is 10.8. The SMILES string of the molecule is CC.CC(=O)NCC(=O)N[C@@H](CC(C)(C)C)C(O)NC(CCC/C=C/CCCCN)C(N)=O.CC(=O)O.CCC/C=C/CCCC. The number of unbranched alkanes of at least 4 members (excludes halogenated alkanes) is 6. The fraction of sp³-hybridized carbons (Fsp3) is 0.771. The van der Waals surface area contributed by atoms with Crippen LogP contribution in [-0.2, 0) is 19.2 Å². The molecule has 0 radical (unpaired) electrons. The van der Waals surface area contributed by atoms with E-state index in [0.29, 0.717) is 19.4 Å². The van der Waals surface area contributed by atoms with Crippen molar-refractivity contribution in [3.05, 3.63) is 24.3 Å². The molecule has 0 aromatic carbocycles. The first-order valence-corrected chi connectivity index (χ1v) is 17.1. The largest absolute Gasteiger partial charge is 0.481 e. The summed E-state index contributed by atoms with van der Waals surface area (Å²) < 4.78 is 0. The lowest BCUT2D eigenvalue weighted by atomic mass is 9.87. The Bertz CT molecular complexity index is 808. The van der Waals surface area contributed by atoms with Crippen molar-refractivity contribution in [2.24, 2.45) is 16.9 Å². The Balaban J connectivity index is -0.000000485. The van der Waals surface area contributed by atoms with Gasteiger partial charge in [0.2, 0.25) is 17.7 Å². The van der Waals surface area contributed by atoms with Crippen LogP contribution in [0.4, 0.5) is 0 Å². The molecule has 0 aromatic rings. The minimum Gasteiger partial charge on any atom is -0.481 e. The molecule has 0 bridgehead atoms. The molecule has 0 rings (SSSR count). The minimum atomic E-state index is -1.16. The van der Waals surface area contributed by atoms with Crippen LogP contribution in [0.25, 0.3) is 0 Å². The summed E-state index contributed by atoms with van der Waals surface area (Å²) in [6.07, 6.45) is 19.6. The van der Waals surface area contributed by atoms with Crippen LogP contribution in [0.5, 0.6) is 0 Å². The van der Waals surface area contributed by atoms with E-state index in [-0.39, 0.29) is 17.9 Å². The van der Waals surface area contributed by atoms with Gasteiger partial charge in [0.1, 0.15) is 6.23 Å². The Labute approximate surface area is 280 Å². The van der Waals surface area contributed by atoms with E-state index in [4.69, 9.17) is 21.4 Å². The molecule has 272 valence electrons. The van der Waals surface area contributed by atoms with Crippen LogP contribution in [-0.4, -0.2) is 65.3 Å². The maximum Gasteiger partial charge on any atom is 0.300 e. The summed E-state index contributed by atoms with van der Waals surface area (Å²) >= 11 is 0. The third-order valence-electron chi connectivity index (χ3n) is 5.97. The van der Waals surface area contributed by atoms with E-state index in [0.717, 1.165) is 39.0 Å². The number of hydrogen-bond acceptors (Lipinski definition) is 7. The standard InChI is InChI=1S/C22H43N5O4.C9H18.C2H4O2.C2H6/c1-16(28)25-15-19(29)26-18(14-22(2,3)4)21(31)27-17(20(24)30)12-10-8-6-5-7-9-11-13-23;1-3-5-7-9-8-6-4-2;1-2(3)4;1-2/h5-6,17-18,21,27,31H,7-15,23H2,1-4H3,(H2,24,30)(H,25,28)(H,26,29);7,9H,3-6,8H2,1-2H3;1H3,(H,3,4);1-2H3/b6-5+;9-7+;;/t17?,18-,21?;;;/m0.../s1. The lowest BCUT2D eigenvalue weighted by Gasteiger charge is -2.32. The minimum absolute atomic E-state index is 0.181. The summed E-state index contributed by atoms with van der Waals surface area (Å²) in [7, 11) is 0. The van der Waals surface area contributed by atoms with E-state index in [9.17, 15) is 19.5 Å². The van der Waals surface area contributed by atoms with Crippen molar-refractivity contribution in [2.75, 3.05) is 13.1 Å². The normalized spacial score (nSPS) is 12.8. The molecule has 46 heavy (non-hydrogen) atoms. The van der Waals surface area contributed by atoms with Gasteiger partial charge in [-0.05, 0) is 69.7 Å². The van der Waals surface area contributed by atoms with Gasteiger partial charge >= 0.3 is 0 Å². The molecule has 11 nitrogen and oxygen atoms in total. The maximum atomic E-state index is 12.1. The number of carboxylic acid groups (broad SMARTS) is 1. The third kappa shape index (κ3) is 43.4. The van der Waals surface area contributed by atoms with E-state index in [1.54, 1.807) is 0 Å². The van der Waals surface area contributed by atoms with Crippen molar-refractivity contribution in [1.82, 2.24) is 16.0 Å². The van der Waals surface area contributed by atoms with Crippen molar-refractivity contribution in [3.63, 3.8) is 0 Å². The number of allylic oxidation sites excluding steroid dienone is 4. The number of aliphatic carboxylic acids is 1. The molecule has 9 N–H and O–H groups in total. The molecule has 0 saturated carbocycles. The second-order valence-corrected chi connectivity index (χ2v) is 12.0. The van der Waals surface area contributed by atoms with Crippen molar-refractivity contribution < 1.29 is 29.4 Å². The first-order chi connectivity index (χ1) is 21.6. The fourth-order valence-electron chi connectivity index (χ4n) is 3.80. The third-order valence-corrected chi connectivity index (χ3v) is 5.97. The second-order valence-electron chi connectivity index (χ2n) is 12.0. The number of aliphatic hydroxyl groups is 1. The van der Waals surface area contributed by atoms with Crippen molar-refractivity contribution in [1.29, 1.82) is 0 Å². The van der Waals surface area contributed by atoms with Crippen LogP contribution in [0.15, 0.2) is 24.3 Å². The Morgan fingerprint density at radius 2 is 1.33 bits per heavy atom. The Morgan fingerprint density at radius 1 is 0.826 bits per heavy atom. The van der Waals surface area contributed by atoms with Crippen molar-refractivity contribution in [3.8, 4) is 0 Å². The molecule has 2 unspecified atom stereocenters. The molecule has 11 heteroatoms. The molecule has 3 amide bonds. The van der Waals surface area contributed by atoms with Gasteiger partial charge in [-0.3, -0.25) is 24.5 Å². The number of nitrogens with two attached hydrogens (primary N) is 2. The number of aliphatic hydroxyl groups excluding tert-OH is 1. The van der Waals surface area contributed by atoms with Gasteiger partial charge in [-0.2, -0.15) is 0 Å². The molecule has 0 aliphatic carbocycles. The number of carboxylic acids is 1. The first-order valence-electron chi connectivity index (χ1n) is 17.1. The molecule has 0 saturated heterocycles. The molecule has 0 heterocycles. The highest BCUT2D eigenvalue weighted by Crippen LogP contribution is 2.22. The summed E-state index contributed by atoms with van der Waals surface area (Å²) in [5, 5.41) is 26.1. The molecule has 3 atom stereocenters. The molecule has 0 aliphatic rings. The summed E-state index contributed by atoms with van der Waals surface area (Å²) in [5.74, 6) is -2.12. The van der Waals surface area contributed by atoms with Gasteiger partial charge in [0, 0.05) is 13.8 Å². The van der Waals surface area contributed by atoms with Gasteiger partial charge < -0.3 is 32.3 Å². The second kappa shape index (κ2) is 35.1. The molecular weight excluding hydrogens is 586 g/mol. The van der Waals surface area contributed by atoms with Crippen LogP contribution in [0.3, 0.4) is 0 Å². The van der Waals surface area contributed by atoms with Crippen LogP contribution in [0.2, 0.25) is 0 Å². The van der Waals surface area contributed by atoms with Gasteiger partial charge in [-0.25, -0.2) is 0 Å². The van der Waals surface area contributed by atoms with E-state index in [2.05, 4.69) is 54.1 Å². The Morgan fingerprint density at radius 3 is 1.76 bits per heavy atom. The van der Waals surface area contributed by atoms with Crippen molar-refractivity contribution in [2.45, 2.75) is 158 Å². The number of nitrogens with one attached hydrogen (secondary N) is 3. The predicted molar refractivity (Wildman–Crippen MR) is 191 cm³/mol. The Hall–Kier alpha value is -2.76. The number of rotatable bonds is 21. The highest BCUT2D eigenvalue weighted by molar-refractivity contribution is 5.83. The number of hydrogen-bond donors (Lipinski definition) is 7. The summed E-state index contributed by atoms with van der Waals surface area (Å²) in [6.45, 7) is 17.3. The van der Waals surface area contributed by atoms with Gasteiger partial charge in [0.15, 0.2) is 0 Å². The number of primary amides is 1. The number of carbonyl (C=O) groups is 4. The van der Waals surface area contributed by atoms with Gasteiger partial charge in [-0.1, -0.05) is 92.0 Å². The van der Waals surface area contributed by atoms with E-state index in [1.807, 2.05) is 34.6 Å². The molecule has 0 fully saturated rings. The Kier molecular flexibility index (Phi) is 38.2. The van der Waals surface area contributed by atoms with E-state index in [1.165, 1.54) is 39.0 Å². The van der Waals surface area contributed by atoms with E-state index >= 15 is 0 Å². The zero-order valence-corrected chi connectivity index (χ0v) is 30.6. The predicted octanol–water partition coefficient (Wildman–Crippen LogP) is 5.31. The van der Waals surface area contributed by atoms with Crippen LogP contribution in [0.1, 0.15) is 139 Å². The monoisotopic (exact) mass is 658 g/mol. The van der Waals surface area contributed by atoms with Gasteiger partial charge in [-0.15, -0.1) is 0 Å². The topological polar surface area (TPSA) is 197 Å². The number of carbonyl (C=O) groups excluding carboxylic acids is 3. The van der Waals surface area contributed by atoms with Crippen LogP contribution in [0, 0.1) is 5.41 Å². The van der Waals surface area contributed by atoms with Gasteiger partial charge in [0.05, 0.1) is 18.6 Å². The molecular formula is C35H71N5O6. The van der Waals surface area contributed by atoms with Crippen LogP contribution >= 0.6 is 0 Å².